The van der Waals surface area contributed by atoms with Gasteiger partial charge in [0.2, 0.25) is 5.88 Å². The summed E-state index contributed by atoms with van der Waals surface area (Å²) in [6.45, 7) is 3.00. The Hall–Kier alpha value is -3.68. The molecule has 8 heteroatoms. The molecular formula is C21H20N6O2. The van der Waals surface area contributed by atoms with Gasteiger partial charge in [0.05, 0.1) is 48.1 Å². The Morgan fingerprint density at radius 2 is 1.93 bits per heavy atom. The highest BCUT2D eigenvalue weighted by Crippen LogP contribution is 2.31. The van der Waals surface area contributed by atoms with Gasteiger partial charge in [-0.15, -0.1) is 0 Å². The summed E-state index contributed by atoms with van der Waals surface area (Å²) in [7, 11) is 1.86. The van der Waals surface area contributed by atoms with Crippen molar-refractivity contribution in [1.29, 1.82) is 0 Å². The lowest BCUT2D eigenvalue weighted by atomic mass is 10.1. The van der Waals surface area contributed by atoms with Crippen LogP contribution >= 0.6 is 0 Å². The second kappa shape index (κ2) is 7.05. The maximum atomic E-state index is 6.01. The third-order valence-electron chi connectivity index (χ3n) is 4.85. The second-order valence-electron chi connectivity index (χ2n) is 6.93. The van der Waals surface area contributed by atoms with Gasteiger partial charge in [-0.05, 0) is 37.3 Å². The number of aromatic amines is 1. The van der Waals surface area contributed by atoms with Crippen LogP contribution in [0.2, 0.25) is 0 Å². The second-order valence-corrected chi connectivity index (χ2v) is 6.93. The summed E-state index contributed by atoms with van der Waals surface area (Å²) in [4.78, 5) is 9.18. The van der Waals surface area contributed by atoms with Crippen molar-refractivity contribution < 1.29 is 9.47 Å². The fraction of sp³-hybridized carbons (Fsp3) is 0.238. The van der Waals surface area contributed by atoms with E-state index in [1.165, 1.54) is 0 Å². The Labute approximate surface area is 167 Å². The molecule has 29 heavy (non-hydrogen) atoms. The van der Waals surface area contributed by atoms with Crippen LogP contribution in [0.15, 0.2) is 30.6 Å². The van der Waals surface area contributed by atoms with Crippen LogP contribution in [0.5, 0.6) is 11.6 Å². The molecule has 146 valence electrons. The number of hydrogen-bond donors (Lipinski definition) is 1. The van der Waals surface area contributed by atoms with Crippen molar-refractivity contribution in [2.24, 2.45) is 7.05 Å². The molecule has 5 rings (SSSR count). The maximum Gasteiger partial charge on any atom is 0.221 e. The molecule has 4 aromatic rings. The monoisotopic (exact) mass is 388 g/mol. The van der Waals surface area contributed by atoms with Crippen molar-refractivity contribution >= 4 is 23.1 Å². The Balaban J connectivity index is 1.66. The molecule has 0 atom stereocenters. The van der Waals surface area contributed by atoms with E-state index in [9.17, 15) is 0 Å². The molecule has 1 N–H and O–H groups in total. The van der Waals surface area contributed by atoms with Crippen molar-refractivity contribution in [3.63, 3.8) is 0 Å². The van der Waals surface area contributed by atoms with Crippen molar-refractivity contribution in [2.45, 2.75) is 13.3 Å². The number of nitrogens with one attached hydrogen (secondary N) is 1. The lowest BCUT2D eigenvalue weighted by Crippen LogP contribution is -2.08. The van der Waals surface area contributed by atoms with Crippen molar-refractivity contribution in [3.8, 4) is 22.9 Å². The molecule has 0 saturated carbocycles. The molecular weight excluding hydrogens is 368 g/mol. The highest BCUT2D eigenvalue weighted by molar-refractivity contribution is 5.91. The fourth-order valence-corrected chi connectivity index (χ4v) is 3.36. The maximum absolute atomic E-state index is 6.01. The normalized spacial score (nSPS) is 15.0. The van der Waals surface area contributed by atoms with E-state index >= 15 is 0 Å². The standard InChI is InChI=1S/C21H20N6O2/c1-13-4-7-20-17(24-13)6-5-16-14-10-18(22-12-19(14)26-25-16)15-11-23-27(2)21(15)29-9-3-8-28-20/h4-7,10-12H,3,8-9H2,1-2H3,(H,25,26)/b6-5+. The predicted octanol–water partition coefficient (Wildman–Crippen LogP) is 3.39. The average molecular weight is 388 g/mol. The summed E-state index contributed by atoms with van der Waals surface area (Å²) in [5.74, 6) is 1.43. The van der Waals surface area contributed by atoms with Crippen LogP contribution in [0.25, 0.3) is 34.3 Å². The molecule has 0 aromatic carbocycles. The van der Waals surface area contributed by atoms with Crippen LogP contribution in [-0.4, -0.2) is 43.2 Å². The number of ether oxygens (including phenoxy) is 2. The number of aryl methyl sites for hydroxylation is 2. The van der Waals surface area contributed by atoms with Gasteiger partial charge in [-0.2, -0.15) is 10.2 Å². The van der Waals surface area contributed by atoms with Crippen molar-refractivity contribution in [3.05, 3.63) is 47.7 Å². The van der Waals surface area contributed by atoms with Crippen LogP contribution in [-0.2, 0) is 7.05 Å². The van der Waals surface area contributed by atoms with Crippen LogP contribution in [0.4, 0.5) is 0 Å². The summed E-state index contributed by atoms with van der Waals surface area (Å²) in [6.07, 6.45) is 8.16. The van der Waals surface area contributed by atoms with Crippen LogP contribution in [0.1, 0.15) is 23.5 Å². The molecule has 2 bridgehead atoms. The first kappa shape index (κ1) is 17.4. The molecule has 1 aliphatic rings. The van der Waals surface area contributed by atoms with E-state index < -0.39 is 0 Å². The largest absolute Gasteiger partial charge is 0.491 e. The molecule has 8 nitrogen and oxygen atoms in total. The lowest BCUT2D eigenvalue weighted by molar-refractivity contribution is 0.235. The highest BCUT2D eigenvalue weighted by Gasteiger charge is 2.16. The van der Waals surface area contributed by atoms with E-state index in [2.05, 4.69) is 25.3 Å². The molecule has 0 fully saturated rings. The van der Waals surface area contributed by atoms with Gasteiger partial charge in [-0.3, -0.25) is 10.1 Å². The van der Waals surface area contributed by atoms with E-state index in [0.717, 1.165) is 51.4 Å². The summed E-state index contributed by atoms with van der Waals surface area (Å²) in [5, 5.41) is 12.8. The summed E-state index contributed by atoms with van der Waals surface area (Å²) in [6, 6.07) is 5.90. The summed E-state index contributed by atoms with van der Waals surface area (Å²) in [5.41, 5.74) is 5.01. The van der Waals surface area contributed by atoms with E-state index in [4.69, 9.17) is 9.47 Å². The lowest BCUT2D eigenvalue weighted by Gasteiger charge is -2.11. The van der Waals surface area contributed by atoms with Gasteiger partial charge in [-0.25, -0.2) is 9.67 Å². The van der Waals surface area contributed by atoms with Crippen molar-refractivity contribution in [2.75, 3.05) is 13.2 Å². The first-order valence-electron chi connectivity index (χ1n) is 9.47. The predicted molar refractivity (Wildman–Crippen MR) is 110 cm³/mol. The Morgan fingerprint density at radius 3 is 2.86 bits per heavy atom. The van der Waals surface area contributed by atoms with Crippen LogP contribution < -0.4 is 9.47 Å². The Bertz CT molecular complexity index is 1220. The van der Waals surface area contributed by atoms with E-state index in [0.29, 0.717) is 19.1 Å². The minimum atomic E-state index is 0.510. The number of fused-ring (bicyclic) bond motifs is 4. The zero-order valence-corrected chi connectivity index (χ0v) is 16.2. The summed E-state index contributed by atoms with van der Waals surface area (Å²) >= 11 is 0. The zero-order valence-electron chi connectivity index (χ0n) is 16.2. The number of hydrogen-bond acceptors (Lipinski definition) is 6. The number of aromatic nitrogens is 6. The molecule has 1 aliphatic heterocycles. The molecule has 0 unspecified atom stereocenters. The fourth-order valence-electron chi connectivity index (χ4n) is 3.36. The minimum Gasteiger partial charge on any atom is -0.491 e. The van der Waals surface area contributed by atoms with E-state index in [1.807, 2.05) is 44.3 Å². The number of rotatable bonds is 0. The molecule has 4 aromatic heterocycles. The highest BCUT2D eigenvalue weighted by atomic mass is 16.5. The van der Waals surface area contributed by atoms with Gasteiger partial charge in [0.15, 0.2) is 0 Å². The number of pyridine rings is 2. The van der Waals surface area contributed by atoms with Gasteiger partial charge in [-0.1, -0.05) is 0 Å². The molecule has 0 radical (unpaired) electrons. The smallest absolute Gasteiger partial charge is 0.221 e. The van der Waals surface area contributed by atoms with E-state index in [1.54, 1.807) is 17.1 Å². The SMILES string of the molecule is Cc1ccc2c(n1)/C=C/c1n[nH]c3cnc(cc13)-c1cnn(C)c1OCCCO2. The van der Waals surface area contributed by atoms with Crippen molar-refractivity contribution in [1.82, 2.24) is 29.9 Å². The molecule has 5 heterocycles. The third kappa shape index (κ3) is 3.22. The Morgan fingerprint density at radius 1 is 1.07 bits per heavy atom. The van der Waals surface area contributed by atoms with Crippen LogP contribution in [0, 0.1) is 6.92 Å². The average Bonchev–Trinajstić information content (AvgIpc) is 3.29. The van der Waals surface area contributed by atoms with E-state index in [-0.39, 0.29) is 0 Å². The molecule has 0 spiro atoms. The first-order chi connectivity index (χ1) is 14.2. The Kier molecular flexibility index (Phi) is 4.23. The van der Waals surface area contributed by atoms with Gasteiger partial charge in [0.25, 0.3) is 0 Å². The number of H-pyrrole nitrogens is 1. The molecule has 0 aliphatic carbocycles. The number of nitrogens with zero attached hydrogens (tertiary/aromatic N) is 5. The van der Waals surface area contributed by atoms with Crippen LogP contribution in [0.3, 0.4) is 0 Å². The van der Waals surface area contributed by atoms with Gasteiger partial charge in [0, 0.05) is 24.5 Å². The van der Waals surface area contributed by atoms with Gasteiger partial charge < -0.3 is 9.47 Å². The van der Waals surface area contributed by atoms with Gasteiger partial charge in [0.1, 0.15) is 11.4 Å². The quantitative estimate of drug-likeness (QED) is 0.497. The zero-order chi connectivity index (χ0) is 19.8. The third-order valence-corrected chi connectivity index (χ3v) is 4.85. The molecule has 0 amide bonds. The minimum absolute atomic E-state index is 0.510. The first-order valence-corrected chi connectivity index (χ1v) is 9.47. The molecule has 0 saturated heterocycles. The van der Waals surface area contributed by atoms with Gasteiger partial charge >= 0.3 is 0 Å². The summed E-state index contributed by atoms with van der Waals surface area (Å²) < 4.78 is 13.7. The topological polar surface area (TPSA) is 90.7 Å².